The highest BCUT2D eigenvalue weighted by molar-refractivity contribution is 7.16. The van der Waals surface area contributed by atoms with E-state index >= 15 is 0 Å². The van der Waals surface area contributed by atoms with Gasteiger partial charge in [0.1, 0.15) is 16.3 Å². The molecule has 4 aromatic heterocycles. The van der Waals surface area contributed by atoms with Gasteiger partial charge in [0.05, 0.1) is 17.9 Å². The van der Waals surface area contributed by atoms with E-state index in [2.05, 4.69) is 33.2 Å². The van der Waals surface area contributed by atoms with E-state index in [-0.39, 0.29) is 0 Å². The minimum absolute atomic E-state index is 0.659. The number of nitrogens with zero attached hydrogens (tertiary/aromatic N) is 4. The molecule has 5 nitrogen and oxygen atoms in total. The maximum atomic E-state index is 5.19. The van der Waals surface area contributed by atoms with Crippen molar-refractivity contribution in [2.75, 3.05) is 11.4 Å². The molecule has 4 heterocycles. The van der Waals surface area contributed by atoms with E-state index in [1.165, 1.54) is 0 Å². The highest BCUT2D eigenvalue weighted by atomic mass is 32.1. The van der Waals surface area contributed by atoms with Gasteiger partial charge in [0.25, 0.3) is 0 Å². The van der Waals surface area contributed by atoms with Crippen LogP contribution in [0, 0.1) is 0 Å². The topological polar surface area (TPSA) is 55.1 Å². The molecule has 0 bridgehead atoms. The average Bonchev–Trinajstić information content (AvgIpc) is 3.31. The first-order valence-electron chi connectivity index (χ1n) is 7.78. The first kappa shape index (κ1) is 14.8. The van der Waals surface area contributed by atoms with Crippen LogP contribution in [0.25, 0.3) is 21.7 Å². The normalized spacial score (nSPS) is 11.0. The Hall–Kier alpha value is -2.73. The van der Waals surface area contributed by atoms with Crippen molar-refractivity contribution in [3.8, 4) is 11.5 Å². The number of furan rings is 1. The Kier molecular flexibility index (Phi) is 3.96. The van der Waals surface area contributed by atoms with Crippen molar-refractivity contribution >= 4 is 27.4 Å². The number of hydrogen-bond donors (Lipinski definition) is 0. The van der Waals surface area contributed by atoms with Crippen molar-refractivity contribution in [2.45, 2.75) is 13.5 Å². The minimum atomic E-state index is 0.659. The van der Waals surface area contributed by atoms with E-state index in [4.69, 9.17) is 9.40 Å². The SMILES string of the molecule is CCN(Cc1ccoc1)c1nc(-c2ccccn2)nc2sccc12. The molecular weight excluding hydrogens is 320 g/mol. The molecule has 0 aliphatic rings. The van der Waals surface area contributed by atoms with Crippen molar-refractivity contribution in [3.05, 3.63) is 60.0 Å². The van der Waals surface area contributed by atoms with Crippen LogP contribution in [0.2, 0.25) is 0 Å². The van der Waals surface area contributed by atoms with Crippen LogP contribution in [-0.2, 0) is 6.54 Å². The highest BCUT2D eigenvalue weighted by Gasteiger charge is 2.16. The second-order valence-corrected chi connectivity index (χ2v) is 6.27. The molecule has 4 aromatic rings. The summed E-state index contributed by atoms with van der Waals surface area (Å²) in [7, 11) is 0. The van der Waals surface area contributed by atoms with Gasteiger partial charge in [-0.15, -0.1) is 11.3 Å². The van der Waals surface area contributed by atoms with E-state index in [0.29, 0.717) is 5.82 Å². The average molecular weight is 336 g/mol. The molecule has 0 radical (unpaired) electrons. The summed E-state index contributed by atoms with van der Waals surface area (Å²) in [6, 6.07) is 9.84. The molecule has 0 amide bonds. The van der Waals surface area contributed by atoms with Crippen LogP contribution in [0.5, 0.6) is 0 Å². The Balaban J connectivity index is 1.82. The Labute approximate surface area is 143 Å². The molecule has 0 spiro atoms. The van der Waals surface area contributed by atoms with Gasteiger partial charge in [0.2, 0.25) is 0 Å². The summed E-state index contributed by atoms with van der Waals surface area (Å²) in [6.45, 7) is 3.71. The molecule has 120 valence electrons. The second kappa shape index (κ2) is 6.41. The van der Waals surface area contributed by atoms with E-state index in [0.717, 1.165) is 40.4 Å². The maximum Gasteiger partial charge on any atom is 0.181 e. The van der Waals surface area contributed by atoms with Crippen LogP contribution in [-0.4, -0.2) is 21.5 Å². The number of rotatable bonds is 5. The van der Waals surface area contributed by atoms with Crippen LogP contribution in [0.1, 0.15) is 12.5 Å². The van der Waals surface area contributed by atoms with Gasteiger partial charge in [-0.05, 0) is 36.6 Å². The van der Waals surface area contributed by atoms with Gasteiger partial charge in [-0.25, -0.2) is 9.97 Å². The molecule has 0 saturated carbocycles. The summed E-state index contributed by atoms with van der Waals surface area (Å²) in [5.74, 6) is 1.59. The Morgan fingerprint density at radius 3 is 2.88 bits per heavy atom. The predicted molar refractivity (Wildman–Crippen MR) is 96.1 cm³/mol. The summed E-state index contributed by atoms with van der Waals surface area (Å²) in [5, 5.41) is 3.13. The largest absolute Gasteiger partial charge is 0.472 e. The fourth-order valence-corrected chi connectivity index (χ4v) is 3.39. The van der Waals surface area contributed by atoms with Gasteiger partial charge in [0, 0.05) is 24.8 Å². The lowest BCUT2D eigenvalue weighted by molar-refractivity contribution is 0.563. The summed E-state index contributed by atoms with van der Waals surface area (Å²) < 4.78 is 5.19. The minimum Gasteiger partial charge on any atom is -0.472 e. The van der Waals surface area contributed by atoms with Gasteiger partial charge in [-0.2, -0.15) is 0 Å². The fraction of sp³-hybridized carbons (Fsp3) is 0.167. The summed E-state index contributed by atoms with van der Waals surface area (Å²) in [6.07, 6.45) is 5.23. The number of anilines is 1. The lowest BCUT2D eigenvalue weighted by Crippen LogP contribution is -2.23. The van der Waals surface area contributed by atoms with Crippen LogP contribution < -0.4 is 4.90 Å². The van der Waals surface area contributed by atoms with Crippen LogP contribution >= 0.6 is 11.3 Å². The van der Waals surface area contributed by atoms with Crippen LogP contribution in [0.15, 0.2) is 58.9 Å². The Morgan fingerprint density at radius 1 is 1.17 bits per heavy atom. The van der Waals surface area contributed by atoms with E-state index in [9.17, 15) is 0 Å². The zero-order valence-corrected chi connectivity index (χ0v) is 14.0. The van der Waals surface area contributed by atoms with E-state index in [1.54, 1.807) is 30.1 Å². The highest BCUT2D eigenvalue weighted by Crippen LogP contribution is 2.31. The van der Waals surface area contributed by atoms with Crippen molar-refractivity contribution < 1.29 is 4.42 Å². The number of fused-ring (bicyclic) bond motifs is 1. The predicted octanol–water partition coefficient (Wildman–Crippen LogP) is 4.37. The standard InChI is InChI=1S/C18H16N4OS/c1-2-22(11-13-6-9-23-12-13)17-14-7-10-24-18(14)21-16(20-17)15-5-3-4-8-19-15/h3-10,12H,2,11H2,1H3. The summed E-state index contributed by atoms with van der Waals surface area (Å²) in [4.78, 5) is 17.1. The molecule has 4 rings (SSSR count). The van der Waals surface area contributed by atoms with Crippen molar-refractivity contribution in [3.63, 3.8) is 0 Å². The van der Waals surface area contributed by atoms with E-state index < -0.39 is 0 Å². The third-order valence-electron chi connectivity index (χ3n) is 3.83. The summed E-state index contributed by atoms with van der Waals surface area (Å²) in [5.41, 5.74) is 1.91. The van der Waals surface area contributed by atoms with Gasteiger partial charge >= 0.3 is 0 Å². The zero-order chi connectivity index (χ0) is 16.4. The number of thiophene rings is 1. The molecule has 0 fully saturated rings. The molecule has 6 heteroatoms. The molecule has 0 unspecified atom stereocenters. The molecule has 0 saturated heterocycles. The van der Waals surface area contributed by atoms with Gasteiger partial charge in [-0.3, -0.25) is 4.98 Å². The lowest BCUT2D eigenvalue weighted by atomic mass is 10.2. The first-order valence-corrected chi connectivity index (χ1v) is 8.66. The zero-order valence-electron chi connectivity index (χ0n) is 13.2. The molecule has 0 atom stereocenters. The van der Waals surface area contributed by atoms with Crippen LogP contribution in [0.4, 0.5) is 5.82 Å². The van der Waals surface area contributed by atoms with Gasteiger partial charge in [-0.1, -0.05) is 6.07 Å². The second-order valence-electron chi connectivity index (χ2n) is 5.37. The van der Waals surface area contributed by atoms with Crippen molar-refractivity contribution in [2.24, 2.45) is 0 Å². The van der Waals surface area contributed by atoms with Gasteiger partial charge in [0.15, 0.2) is 5.82 Å². The number of pyridine rings is 1. The molecule has 0 aliphatic heterocycles. The third kappa shape index (κ3) is 2.76. The molecule has 0 aliphatic carbocycles. The molecule has 24 heavy (non-hydrogen) atoms. The molecule has 0 aromatic carbocycles. The van der Waals surface area contributed by atoms with Gasteiger partial charge < -0.3 is 9.32 Å². The maximum absolute atomic E-state index is 5.19. The van der Waals surface area contributed by atoms with Crippen molar-refractivity contribution in [1.82, 2.24) is 15.0 Å². The third-order valence-corrected chi connectivity index (χ3v) is 4.64. The fourth-order valence-electron chi connectivity index (χ4n) is 2.63. The Morgan fingerprint density at radius 2 is 2.12 bits per heavy atom. The summed E-state index contributed by atoms with van der Waals surface area (Å²) >= 11 is 1.62. The Bertz CT molecular complexity index is 934. The molecule has 0 N–H and O–H groups in total. The first-order chi connectivity index (χ1) is 11.8. The van der Waals surface area contributed by atoms with Crippen molar-refractivity contribution in [1.29, 1.82) is 0 Å². The smallest absolute Gasteiger partial charge is 0.181 e. The number of aromatic nitrogens is 3. The van der Waals surface area contributed by atoms with E-state index in [1.807, 2.05) is 24.3 Å². The van der Waals surface area contributed by atoms with Crippen LogP contribution in [0.3, 0.4) is 0 Å². The monoisotopic (exact) mass is 336 g/mol. The lowest BCUT2D eigenvalue weighted by Gasteiger charge is -2.22. The number of hydrogen-bond acceptors (Lipinski definition) is 6. The quantitative estimate of drug-likeness (QED) is 0.541. The molecular formula is C18H16N4OS.